The van der Waals surface area contributed by atoms with Gasteiger partial charge < -0.3 is 10.1 Å². The van der Waals surface area contributed by atoms with Crippen LogP contribution >= 0.6 is 11.3 Å². The van der Waals surface area contributed by atoms with Gasteiger partial charge in [0, 0.05) is 26.8 Å². The number of aromatic nitrogens is 1. The normalized spacial score (nSPS) is 20.5. The third-order valence-electron chi connectivity index (χ3n) is 4.62. The highest BCUT2D eigenvalue weighted by Crippen LogP contribution is 2.22. The van der Waals surface area contributed by atoms with Gasteiger partial charge in [0.15, 0.2) is 0 Å². The molecule has 2 aliphatic heterocycles. The molecule has 0 saturated carbocycles. The Morgan fingerprint density at radius 3 is 3.08 bits per heavy atom. The number of nitrogens with zero attached hydrogens (tertiary/aromatic N) is 3. The van der Waals surface area contributed by atoms with Gasteiger partial charge in [0.25, 0.3) is 5.91 Å². The molecule has 1 saturated heterocycles. The lowest BCUT2D eigenvalue weighted by molar-refractivity contribution is -0.121. The molecular formula is C18H20N4O2S. The molecule has 4 rings (SSSR count). The number of guanidine groups is 1. The zero-order chi connectivity index (χ0) is 17.2. The summed E-state index contributed by atoms with van der Waals surface area (Å²) in [5.41, 5.74) is 4.22. The summed E-state index contributed by atoms with van der Waals surface area (Å²) >= 11 is 1.59. The monoisotopic (exact) mass is 356 g/mol. The fourth-order valence-electron chi connectivity index (χ4n) is 3.06. The van der Waals surface area contributed by atoms with Crippen molar-refractivity contribution in [3.05, 3.63) is 35.0 Å². The van der Waals surface area contributed by atoms with E-state index in [1.807, 2.05) is 29.8 Å². The standard InChI is InChI=1S/C18H20N4O2S/c1-22-17(23)15(8-13-2-3-14-16(9-13)25-11-20-14)21-18(22)19-10-12-4-6-24-7-5-12/h2-3,8-9,11-12H,4-7,10H2,1H3,(H,19,21)/b15-8-. The Bertz CT molecular complexity index is 852. The van der Waals surface area contributed by atoms with Gasteiger partial charge in [0.05, 0.1) is 15.7 Å². The third kappa shape index (κ3) is 3.43. The predicted molar refractivity (Wildman–Crippen MR) is 99.3 cm³/mol. The van der Waals surface area contributed by atoms with Crippen molar-refractivity contribution in [3.63, 3.8) is 0 Å². The number of carbonyl (C=O) groups excluding carboxylic acids is 1. The van der Waals surface area contributed by atoms with E-state index in [0.29, 0.717) is 17.6 Å². The Hall–Kier alpha value is -2.25. The minimum Gasteiger partial charge on any atom is -0.381 e. The second-order valence-corrected chi connectivity index (χ2v) is 7.23. The Labute approximate surface area is 150 Å². The number of amides is 1. The van der Waals surface area contributed by atoms with Crippen molar-refractivity contribution < 1.29 is 9.53 Å². The number of thiazole rings is 1. The Morgan fingerprint density at radius 1 is 1.40 bits per heavy atom. The zero-order valence-corrected chi connectivity index (χ0v) is 14.9. The van der Waals surface area contributed by atoms with E-state index in [1.54, 1.807) is 23.3 Å². The first-order valence-electron chi connectivity index (χ1n) is 8.44. The molecule has 0 atom stereocenters. The van der Waals surface area contributed by atoms with Crippen LogP contribution in [0.3, 0.4) is 0 Å². The minimum absolute atomic E-state index is 0.0844. The van der Waals surface area contributed by atoms with Crippen LogP contribution in [0, 0.1) is 5.92 Å². The van der Waals surface area contributed by atoms with Gasteiger partial charge in [-0.1, -0.05) is 6.07 Å². The van der Waals surface area contributed by atoms with Crippen LogP contribution in [-0.2, 0) is 9.53 Å². The lowest BCUT2D eigenvalue weighted by Crippen LogP contribution is -2.41. The average molecular weight is 356 g/mol. The Kier molecular flexibility index (Phi) is 4.50. The molecule has 2 aliphatic rings. The molecule has 0 spiro atoms. The molecule has 1 aromatic heterocycles. The first-order chi connectivity index (χ1) is 12.2. The predicted octanol–water partition coefficient (Wildman–Crippen LogP) is 2.48. The van der Waals surface area contributed by atoms with E-state index in [2.05, 4.69) is 15.3 Å². The minimum atomic E-state index is -0.0844. The number of likely N-dealkylation sites (N-methyl/N-ethyl adjacent to an activating group) is 1. The van der Waals surface area contributed by atoms with Gasteiger partial charge in [0.2, 0.25) is 5.96 Å². The summed E-state index contributed by atoms with van der Waals surface area (Å²) < 4.78 is 6.49. The number of aliphatic imine (C=N–C) groups is 1. The van der Waals surface area contributed by atoms with Gasteiger partial charge in [0.1, 0.15) is 5.70 Å². The van der Waals surface area contributed by atoms with E-state index >= 15 is 0 Å². The molecule has 1 fully saturated rings. The SMILES string of the molecule is CN1C(=O)/C(=C/c2ccc3ncsc3c2)N=C1NCC1CCOCC1. The summed E-state index contributed by atoms with van der Waals surface area (Å²) in [5, 5.41) is 3.32. The average Bonchev–Trinajstić information content (AvgIpc) is 3.21. The van der Waals surface area contributed by atoms with Crippen molar-refractivity contribution in [2.45, 2.75) is 12.8 Å². The fraction of sp³-hybridized carbons (Fsp3) is 0.389. The van der Waals surface area contributed by atoms with E-state index in [9.17, 15) is 4.79 Å². The molecule has 2 aromatic rings. The van der Waals surface area contributed by atoms with Crippen LogP contribution < -0.4 is 5.32 Å². The molecule has 1 N–H and O–H groups in total. The van der Waals surface area contributed by atoms with Crippen molar-refractivity contribution in [2.75, 3.05) is 26.8 Å². The molecule has 130 valence electrons. The van der Waals surface area contributed by atoms with Crippen molar-refractivity contribution in [2.24, 2.45) is 10.9 Å². The van der Waals surface area contributed by atoms with Crippen molar-refractivity contribution in [3.8, 4) is 0 Å². The number of rotatable bonds is 3. The highest BCUT2D eigenvalue weighted by molar-refractivity contribution is 7.16. The summed E-state index contributed by atoms with van der Waals surface area (Å²) in [6.07, 6.45) is 3.94. The van der Waals surface area contributed by atoms with Gasteiger partial charge in [-0.05, 0) is 42.5 Å². The third-order valence-corrected chi connectivity index (χ3v) is 5.41. The smallest absolute Gasteiger partial charge is 0.279 e. The van der Waals surface area contributed by atoms with E-state index in [1.165, 1.54) is 0 Å². The lowest BCUT2D eigenvalue weighted by atomic mass is 10.0. The van der Waals surface area contributed by atoms with Crippen LogP contribution in [0.1, 0.15) is 18.4 Å². The number of hydrogen-bond acceptors (Lipinski definition) is 6. The lowest BCUT2D eigenvalue weighted by Gasteiger charge is -2.23. The van der Waals surface area contributed by atoms with Gasteiger partial charge in [-0.2, -0.15) is 0 Å². The number of ether oxygens (including phenoxy) is 1. The van der Waals surface area contributed by atoms with Gasteiger partial charge in [-0.15, -0.1) is 11.3 Å². The number of fused-ring (bicyclic) bond motifs is 1. The topological polar surface area (TPSA) is 66.8 Å². The van der Waals surface area contributed by atoms with E-state index < -0.39 is 0 Å². The van der Waals surface area contributed by atoms with Crippen molar-refractivity contribution >= 4 is 39.5 Å². The summed E-state index contributed by atoms with van der Waals surface area (Å²) in [6, 6.07) is 5.97. The first-order valence-corrected chi connectivity index (χ1v) is 9.32. The van der Waals surface area contributed by atoms with E-state index in [4.69, 9.17) is 4.74 Å². The van der Waals surface area contributed by atoms with Gasteiger partial charge in [-0.3, -0.25) is 9.69 Å². The van der Waals surface area contributed by atoms with E-state index in [0.717, 1.165) is 48.4 Å². The number of carbonyl (C=O) groups is 1. The summed E-state index contributed by atoms with van der Waals surface area (Å²) in [5.74, 6) is 1.11. The molecule has 3 heterocycles. The van der Waals surface area contributed by atoms with Gasteiger partial charge >= 0.3 is 0 Å². The Balaban J connectivity index is 1.50. The maximum Gasteiger partial charge on any atom is 0.279 e. The van der Waals surface area contributed by atoms with Crippen LogP contribution in [0.2, 0.25) is 0 Å². The summed E-state index contributed by atoms with van der Waals surface area (Å²) in [7, 11) is 1.76. The van der Waals surface area contributed by atoms with Crippen LogP contribution in [0.15, 0.2) is 34.4 Å². The summed E-state index contributed by atoms with van der Waals surface area (Å²) in [6.45, 7) is 2.46. The van der Waals surface area contributed by atoms with Crippen LogP contribution in [0.25, 0.3) is 16.3 Å². The van der Waals surface area contributed by atoms with Crippen LogP contribution in [0.5, 0.6) is 0 Å². The Morgan fingerprint density at radius 2 is 2.24 bits per heavy atom. The fourth-order valence-corrected chi connectivity index (χ4v) is 3.79. The van der Waals surface area contributed by atoms with Crippen LogP contribution in [-0.4, -0.2) is 48.6 Å². The second kappa shape index (κ2) is 6.93. The molecule has 0 radical (unpaired) electrons. The highest BCUT2D eigenvalue weighted by Gasteiger charge is 2.27. The molecule has 1 aromatic carbocycles. The largest absolute Gasteiger partial charge is 0.381 e. The molecule has 7 heteroatoms. The van der Waals surface area contributed by atoms with E-state index in [-0.39, 0.29) is 5.91 Å². The number of nitrogens with one attached hydrogen (secondary N) is 1. The molecular weight excluding hydrogens is 336 g/mol. The quantitative estimate of drug-likeness (QED) is 0.858. The maximum absolute atomic E-state index is 12.5. The molecule has 1 amide bonds. The second-order valence-electron chi connectivity index (χ2n) is 6.35. The number of benzene rings is 1. The first kappa shape index (κ1) is 16.2. The summed E-state index contributed by atoms with van der Waals surface area (Å²) in [4.78, 5) is 22.8. The van der Waals surface area contributed by atoms with Crippen molar-refractivity contribution in [1.82, 2.24) is 15.2 Å². The maximum atomic E-state index is 12.5. The zero-order valence-electron chi connectivity index (χ0n) is 14.1. The molecule has 6 nitrogen and oxygen atoms in total. The molecule has 0 unspecified atom stereocenters. The van der Waals surface area contributed by atoms with Crippen molar-refractivity contribution in [1.29, 1.82) is 0 Å². The van der Waals surface area contributed by atoms with Crippen LogP contribution in [0.4, 0.5) is 0 Å². The number of hydrogen-bond donors (Lipinski definition) is 1. The highest BCUT2D eigenvalue weighted by atomic mass is 32.1. The van der Waals surface area contributed by atoms with Gasteiger partial charge in [-0.25, -0.2) is 9.98 Å². The molecule has 0 aliphatic carbocycles. The molecule has 25 heavy (non-hydrogen) atoms. The molecule has 0 bridgehead atoms.